The molecule has 1 saturated heterocycles. The summed E-state index contributed by atoms with van der Waals surface area (Å²) in [6, 6.07) is 16.4. The highest BCUT2D eigenvalue weighted by atomic mass is 16.1. The van der Waals surface area contributed by atoms with Crippen molar-refractivity contribution in [2.24, 2.45) is 7.05 Å². The average molecular weight is 363 g/mol. The van der Waals surface area contributed by atoms with E-state index in [2.05, 4.69) is 50.9 Å². The van der Waals surface area contributed by atoms with Gasteiger partial charge in [-0.1, -0.05) is 35.5 Å². The number of aromatic nitrogens is 3. The number of piperidine rings is 1. The molecule has 0 unspecified atom stereocenters. The highest BCUT2D eigenvalue weighted by Crippen LogP contribution is 2.15. The lowest BCUT2D eigenvalue weighted by Gasteiger charge is -2.32. The zero-order valence-electron chi connectivity index (χ0n) is 15.6. The number of likely N-dealkylation sites (tertiary alicyclic amines) is 1. The fraction of sp³-hybridized carbons (Fsp3) is 0.381. The van der Waals surface area contributed by atoms with E-state index >= 15 is 0 Å². The molecule has 2 aromatic carbocycles. The van der Waals surface area contributed by atoms with E-state index in [0.29, 0.717) is 5.56 Å². The van der Waals surface area contributed by atoms with Crippen LogP contribution in [-0.4, -0.2) is 51.5 Å². The molecule has 27 heavy (non-hydrogen) atoms. The molecule has 1 amide bonds. The smallest absolute Gasteiger partial charge is 0.251 e. The summed E-state index contributed by atoms with van der Waals surface area (Å²) in [5, 5.41) is 11.3. The molecule has 6 nitrogen and oxygen atoms in total. The van der Waals surface area contributed by atoms with Crippen molar-refractivity contribution in [3.63, 3.8) is 0 Å². The lowest BCUT2D eigenvalue weighted by molar-refractivity contribution is 0.0911. The topological polar surface area (TPSA) is 63.1 Å². The molecule has 1 aliphatic heterocycles. The molecule has 4 rings (SSSR count). The van der Waals surface area contributed by atoms with Crippen LogP contribution in [0.4, 0.5) is 0 Å². The van der Waals surface area contributed by atoms with E-state index in [9.17, 15) is 4.79 Å². The predicted molar refractivity (Wildman–Crippen MR) is 106 cm³/mol. The number of amides is 1. The molecular weight excluding hydrogens is 338 g/mol. The molecule has 0 saturated carbocycles. The third kappa shape index (κ3) is 4.17. The van der Waals surface area contributed by atoms with Gasteiger partial charge in [-0.25, -0.2) is 4.68 Å². The minimum Gasteiger partial charge on any atom is -0.349 e. The number of nitrogens with zero attached hydrogens (tertiary/aromatic N) is 4. The molecule has 140 valence electrons. The summed E-state index contributed by atoms with van der Waals surface area (Å²) >= 11 is 0. The molecule has 2 heterocycles. The normalized spacial score (nSPS) is 15.9. The Morgan fingerprint density at radius 3 is 2.70 bits per heavy atom. The van der Waals surface area contributed by atoms with Gasteiger partial charge in [-0.05, 0) is 43.0 Å². The second-order valence-electron chi connectivity index (χ2n) is 7.24. The van der Waals surface area contributed by atoms with Crippen LogP contribution in [0.5, 0.6) is 0 Å². The van der Waals surface area contributed by atoms with Gasteiger partial charge in [-0.2, -0.15) is 0 Å². The number of aryl methyl sites for hydroxylation is 1. The Morgan fingerprint density at radius 1 is 1.15 bits per heavy atom. The van der Waals surface area contributed by atoms with Crippen LogP contribution in [0.25, 0.3) is 11.0 Å². The van der Waals surface area contributed by atoms with Gasteiger partial charge in [0, 0.05) is 38.3 Å². The molecule has 0 bridgehead atoms. The summed E-state index contributed by atoms with van der Waals surface area (Å²) in [5.74, 6) is -0.0229. The van der Waals surface area contributed by atoms with Gasteiger partial charge in [-0.3, -0.25) is 4.79 Å². The van der Waals surface area contributed by atoms with Crippen LogP contribution in [-0.2, 0) is 13.5 Å². The van der Waals surface area contributed by atoms with Gasteiger partial charge in [0.15, 0.2) is 0 Å². The molecule has 1 fully saturated rings. The van der Waals surface area contributed by atoms with Gasteiger partial charge in [0.2, 0.25) is 0 Å². The minimum atomic E-state index is -0.0229. The standard InChI is InChI=1S/C21H25N5O/c1-25-20-8-7-17(15-19(20)23-24-25)21(27)22-18-10-13-26(14-11-18)12-9-16-5-3-2-4-6-16/h2-8,15,18H,9-14H2,1H3,(H,22,27). The van der Waals surface area contributed by atoms with Crippen LogP contribution in [0.15, 0.2) is 48.5 Å². The molecule has 3 aromatic rings. The van der Waals surface area contributed by atoms with E-state index in [4.69, 9.17) is 0 Å². The third-order valence-corrected chi connectivity index (χ3v) is 5.36. The summed E-state index contributed by atoms with van der Waals surface area (Å²) in [5.41, 5.74) is 3.71. The number of fused-ring (bicyclic) bond motifs is 1. The van der Waals surface area contributed by atoms with E-state index in [1.54, 1.807) is 4.68 Å². The Bertz CT molecular complexity index is 913. The maximum atomic E-state index is 12.6. The lowest BCUT2D eigenvalue weighted by atomic mass is 10.0. The molecule has 0 aliphatic carbocycles. The maximum Gasteiger partial charge on any atom is 0.251 e. The van der Waals surface area contributed by atoms with E-state index in [1.807, 2.05) is 25.2 Å². The first-order valence-corrected chi connectivity index (χ1v) is 9.55. The lowest BCUT2D eigenvalue weighted by Crippen LogP contribution is -2.45. The highest BCUT2D eigenvalue weighted by molar-refractivity contribution is 5.97. The summed E-state index contributed by atoms with van der Waals surface area (Å²) in [4.78, 5) is 15.1. The van der Waals surface area contributed by atoms with Crippen molar-refractivity contribution in [1.29, 1.82) is 0 Å². The largest absolute Gasteiger partial charge is 0.349 e. The molecule has 0 spiro atoms. The average Bonchev–Trinajstić information content (AvgIpc) is 3.08. The molecule has 1 N–H and O–H groups in total. The Kier molecular flexibility index (Phi) is 5.16. The van der Waals surface area contributed by atoms with Crippen LogP contribution < -0.4 is 5.32 Å². The number of rotatable bonds is 5. The van der Waals surface area contributed by atoms with E-state index in [0.717, 1.165) is 49.9 Å². The van der Waals surface area contributed by atoms with E-state index < -0.39 is 0 Å². The SMILES string of the molecule is Cn1nnc2cc(C(=O)NC3CCN(CCc4ccccc4)CC3)ccc21. The predicted octanol–water partition coefficient (Wildman–Crippen LogP) is 2.41. The molecule has 6 heteroatoms. The summed E-state index contributed by atoms with van der Waals surface area (Å²) in [6.07, 6.45) is 3.07. The highest BCUT2D eigenvalue weighted by Gasteiger charge is 2.21. The zero-order valence-corrected chi connectivity index (χ0v) is 15.6. The van der Waals surface area contributed by atoms with E-state index in [1.165, 1.54) is 5.56 Å². The van der Waals surface area contributed by atoms with Crippen molar-refractivity contribution in [1.82, 2.24) is 25.2 Å². The number of carbonyl (C=O) groups excluding carboxylic acids is 1. The molecule has 0 atom stereocenters. The number of hydrogen-bond donors (Lipinski definition) is 1. The van der Waals surface area contributed by atoms with Crippen LogP contribution in [0.2, 0.25) is 0 Å². The third-order valence-electron chi connectivity index (χ3n) is 5.36. The maximum absolute atomic E-state index is 12.6. The first kappa shape index (κ1) is 17.7. The number of carbonyl (C=O) groups is 1. The van der Waals surface area contributed by atoms with Crippen molar-refractivity contribution in [2.75, 3.05) is 19.6 Å². The fourth-order valence-electron chi connectivity index (χ4n) is 3.68. The van der Waals surface area contributed by atoms with Crippen LogP contribution >= 0.6 is 0 Å². The van der Waals surface area contributed by atoms with Crippen LogP contribution in [0.3, 0.4) is 0 Å². The van der Waals surface area contributed by atoms with Gasteiger partial charge < -0.3 is 10.2 Å². The summed E-state index contributed by atoms with van der Waals surface area (Å²) in [7, 11) is 1.85. The van der Waals surface area contributed by atoms with Gasteiger partial charge in [0.05, 0.1) is 5.52 Å². The number of benzene rings is 2. The zero-order chi connectivity index (χ0) is 18.6. The summed E-state index contributed by atoms with van der Waals surface area (Å²) < 4.78 is 1.71. The molecule has 1 aromatic heterocycles. The van der Waals surface area contributed by atoms with Crippen molar-refractivity contribution in [3.8, 4) is 0 Å². The monoisotopic (exact) mass is 363 g/mol. The van der Waals surface area contributed by atoms with Crippen LogP contribution in [0, 0.1) is 0 Å². The van der Waals surface area contributed by atoms with Crippen molar-refractivity contribution in [3.05, 3.63) is 59.7 Å². The van der Waals surface area contributed by atoms with Crippen molar-refractivity contribution >= 4 is 16.9 Å². The van der Waals surface area contributed by atoms with E-state index in [-0.39, 0.29) is 11.9 Å². The van der Waals surface area contributed by atoms with Crippen molar-refractivity contribution < 1.29 is 4.79 Å². The molecule has 0 radical (unpaired) electrons. The van der Waals surface area contributed by atoms with Gasteiger partial charge in [0.1, 0.15) is 5.52 Å². The minimum absolute atomic E-state index is 0.0229. The quantitative estimate of drug-likeness (QED) is 0.756. The van der Waals surface area contributed by atoms with Crippen LogP contribution in [0.1, 0.15) is 28.8 Å². The Morgan fingerprint density at radius 2 is 1.93 bits per heavy atom. The Hall–Kier alpha value is -2.73. The van der Waals surface area contributed by atoms with Gasteiger partial charge in [0.25, 0.3) is 5.91 Å². The number of hydrogen-bond acceptors (Lipinski definition) is 4. The second kappa shape index (κ2) is 7.88. The first-order chi connectivity index (χ1) is 13.2. The van der Waals surface area contributed by atoms with Gasteiger partial charge >= 0.3 is 0 Å². The first-order valence-electron chi connectivity index (χ1n) is 9.55. The Balaban J connectivity index is 1.27. The molecule has 1 aliphatic rings. The van der Waals surface area contributed by atoms with Crippen molar-refractivity contribution in [2.45, 2.75) is 25.3 Å². The molecular formula is C21H25N5O. The van der Waals surface area contributed by atoms with Gasteiger partial charge in [-0.15, -0.1) is 5.10 Å². The fourth-order valence-corrected chi connectivity index (χ4v) is 3.68. The summed E-state index contributed by atoms with van der Waals surface area (Å²) in [6.45, 7) is 3.13. The Labute approximate surface area is 159 Å². The number of nitrogens with one attached hydrogen (secondary N) is 1. The second-order valence-corrected chi connectivity index (χ2v) is 7.24.